The van der Waals surface area contributed by atoms with Gasteiger partial charge in [-0.3, -0.25) is 0 Å². The van der Waals surface area contributed by atoms with E-state index in [0.717, 1.165) is 41.4 Å². The van der Waals surface area contributed by atoms with Crippen molar-refractivity contribution in [2.24, 2.45) is 0 Å². The first-order valence-electron chi connectivity index (χ1n) is 8.81. The molecule has 4 nitrogen and oxygen atoms in total. The zero-order valence-electron chi connectivity index (χ0n) is 15.0. The number of hydrogen-bond acceptors (Lipinski definition) is 4. The van der Waals surface area contributed by atoms with Gasteiger partial charge in [-0.2, -0.15) is 0 Å². The molecular formula is C21H24O4. The SMILES string of the molecule is Cc1cc(-c2cc(C)c(OCC3CO3)c(C)c2)ccc1OCC1CO1. The van der Waals surface area contributed by atoms with Gasteiger partial charge in [0.2, 0.25) is 0 Å². The molecule has 0 bridgehead atoms. The average molecular weight is 340 g/mol. The fourth-order valence-electron chi connectivity index (χ4n) is 3.02. The van der Waals surface area contributed by atoms with E-state index in [1.165, 1.54) is 11.1 Å². The quantitative estimate of drug-likeness (QED) is 0.719. The number of aryl methyl sites for hydroxylation is 3. The molecule has 0 N–H and O–H groups in total. The van der Waals surface area contributed by atoms with Crippen molar-refractivity contribution >= 4 is 0 Å². The second kappa shape index (κ2) is 6.70. The fraction of sp³-hybridized carbons (Fsp3) is 0.429. The van der Waals surface area contributed by atoms with Gasteiger partial charge in [0, 0.05) is 0 Å². The maximum Gasteiger partial charge on any atom is 0.125 e. The molecule has 2 saturated heterocycles. The minimum atomic E-state index is 0.273. The van der Waals surface area contributed by atoms with Crippen LogP contribution in [0.4, 0.5) is 0 Å². The van der Waals surface area contributed by atoms with Crippen molar-refractivity contribution in [1.29, 1.82) is 0 Å². The molecule has 2 atom stereocenters. The lowest BCUT2D eigenvalue weighted by Crippen LogP contribution is -2.06. The molecule has 4 rings (SSSR count). The third-order valence-electron chi connectivity index (χ3n) is 4.61. The lowest BCUT2D eigenvalue weighted by molar-refractivity contribution is 0.260. The van der Waals surface area contributed by atoms with Crippen LogP contribution in [-0.4, -0.2) is 38.6 Å². The van der Waals surface area contributed by atoms with Gasteiger partial charge in [0.1, 0.15) is 36.9 Å². The monoisotopic (exact) mass is 340 g/mol. The first-order chi connectivity index (χ1) is 12.1. The number of rotatable bonds is 7. The van der Waals surface area contributed by atoms with E-state index >= 15 is 0 Å². The summed E-state index contributed by atoms with van der Waals surface area (Å²) >= 11 is 0. The summed E-state index contributed by atoms with van der Waals surface area (Å²) in [6.07, 6.45) is 0.549. The summed E-state index contributed by atoms with van der Waals surface area (Å²) in [6, 6.07) is 10.7. The van der Waals surface area contributed by atoms with Crippen LogP contribution in [0.2, 0.25) is 0 Å². The van der Waals surface area contributed by atoms with Crippen LogP contribution in [0.3, 0.4) is 0 Å². The molecule has 0 aromatic heterocycles. The maximum atomic E-state index is 5.93. The average Bonchev–Trinajstić information content (AvgIpc) is 3.47. The van der Waals surface area contributed by atoms with Crippen molar-refractivity contribution in [2.75, 3.05) is 26.4 Å². The van der Waals surface area contributed by atoms with Crippen LogP contribution in [0.5, 0.6) is 11.5 Å². The molecule has 0 aliphatic carbocycles. The van der Waals surface area contributed by atoms with Gasteiger partial charge >= 0.3 is 0 Å². The molecule has 2 aliphatic rings. The van der Waals surface area contributed by atoms with Crippen LogP contribution in [0.15, 0.2) is 30.3 Å². The van der Waals surface area contributed by atoms with Gasteiger partial charge in [-0.1, -0.05) is 6.07 Å². The second-order valence-electron chi connectivity index (χ2n) is 6.95. The Bertz CT molecular complexity index is 752. The molecule has 2 unspecified atom stereocenters. The maximum absolute atomic E-state index is 5.93. The van der Waals surface area contributed by atoms with Crippen molar-refractivity contribution in [3.63, 3.8) is 0 Å². The van der Waals surface area contributed by atoms with E-state index in [-0.39, 0.29) is 12.2 Å². The van der Waals surface area contributed by atoms with Gasteiger partial charge in [0.15, 0.2) is 0 Å². The van der Waals surface area contributed by atoms with E-state index in [1.807, 2.05) is 6.07 Å². The molecule has 2 aliphatic heterocycles. The highest BCUT2D eigenvalue weighted by molar-refractivity contribution is 5.69. The summed E-state index contributed by atoms with van der Waals surface area (Å²) in [5, 5.41) is 0. The van der Waals surface area contributed by atoms with Gasteiger partial charge in [-0.25, -0.2) is 0 Å². The van der Waals surface area contributed by atoms with Crippen molar-refractivity contribution in [3.05, 3.63) is 47.0 Å². The van der Waals surface area contributed by atoms with Crippen LogP contribution < -0.4 is 9.47 Å². The highest BCUT2D eigenvalue weighted by Crippen LogP contribution is 2.33. The summed E-state index contributed by atoms with van der Waals surface area (Å²) in [6.45, 7) is 9.18. The number of benzene rings is 2. The molecule has 0 amide bonds. The Hall–Kier alpha value is -2.04. The summed E-state index contributed by atoms with van der Waals surface area (Å²) in [5.41, 5.74) is 5.83. The first kappa shape index (κ1) is 16.4. The van der Waals surface area contributed by atoms with E-state index in [4.69, 9.17) is 18.9 Å². The zero-order chi connectivity index (χ0) is 17.4. The Kier molecular flexibility index (Phi) is 4.40. The largest absolute Gasteiger partial charge is 0.491 e. The Balaban J connectivity index is 1.52. The van der Waals surface area contributed by atoms with E-state index in [2.05, 4.69) is 45.0 Å². The predicted molar refractivity (Wildman–Crippen MR) is 96.6 cm³/mol. The van der Waals surface area contributed by atoms with Crippen LogP contribution >= 0.6 is 0 Å². The van der Waals surface area contributed by atoms with Crippen LogP contribution in [0, 0.1) is 20.8 Å². The molecule has 0 spiro atoms. The second-order valence-corrected chi connectivity index (χ2v) is 6.95. The number of ether oxygens (including phenoxy) is 4. The van der Waals surface area contributed by atoms with E-state index in [1.54, 1.807) is 0 Å². The minimum absolute atomic E-state index is 0.273. The van der Waals surface area contributed by atoms with Crippen LogP contribution in [0.1, 0.15) is 16.7 Å². The summed E-state index contributed by atoms with van der Waals surface area (Å²) in [5.74, 6) is 1.90. The Morgan fingerprint density at radius 1 is 0.800 bits per heavy atom. The van der Waals surface area contributed by atoms with Crippen molar-refractivity contribution in [3.8, 4) is 22.6 Å². The lowest BCUT2D eigenvalue weighted by Gasteiger charge is -2.15. The van der Waals surface area contributed by atoms with Gasteiger partial charge in [0.05, 0.1) is 13.2 Å². The van der Waals surface area contributed by atoms with Crippen molar-refractivity contribution in [1.82, 2.24) is 0 Å². The van der Waals surface area contributed by atoms with Gasteiger partial charge < -0.3 is 18.9 Å². The molecule has 2 aromatic rings. The Morgan fingerprint density at radius 3 is 1.92 bits per heavy atom. The molecule has 0 saturated carbocycles. The molecule has 2 fully saturated rings. The van der Waals surface area contributed by atoms with E-state index < -0.39 is 0 Å². The zero-order valence-corrected chi connectivity index (χ0v) is 15.0. The van der Waals surface area contributed by atoms with E-state index in [9.17, 15) is 0 Å². The fourth-order valence-corrected chi connectivity index (χ4v) is 3.02. The highest BCUT2D eigenvalue weighted by atomic mass is 16.6. The lowest BCUT2D eigenvalue weighted by atomic mass is 9.98. The molecular weight excluding hydrogens is 316 g/mol. The van der Waals surface area contributed by atoms with Gasteiger partial charge in [-0.05, 0) is 72.9 Å². The topological polar surface area (TPSA) is 43.5 Å². The first-order valence-corrected chi connectivity index (χ1v) is 8.81. The Morgan fingerprint density at radius 2 is 1.36 bits per heavy atom. The van der Waals surface area contributed by atoms with Crippen molar-refractivity contribution < 1.29 is 18.9 Å². The summed E-state index contributed by atoms with van der Waals surface area (Å²) in [4.78, 5) is 0. The molecule has 2 aromatic carbocycles. The highest BCUT2D eigenvalue weighted by Gasteiger charge is 2.24. The smallest absolute Gasteiger partial charge is 0.125 e. The molecule has 2 heterocycles. The van der Waals surface area contributed by atoms with Gasteiger partial charge in [-0.15, -0.1) is 0 Å². The van der Waals surface area contributed by atoms with E-state index in [0.29, 0.717) is 13.2 Å². The third-order valence-corrected chi connectivity index (χ3v) is 4.61. The molecule has 0 radical (unpaired) electrons. The summed E-state index contributed by atoms with van der Waals surface area (Å²) < 4.78 is 22.2. The minimum Gasteiger partial charge on any atom is -0.491 e. The molecule has 4 heteroatoms. The molecule has 25 heavy (non-hydrogen) atoms. The molecule has 132 valence electrons. The summed E-state index contributed by atoms with van der Waals surface area (Å²) in [7, 11) is 0. The Labute approximate surface area is 148 Å². The van der Waals surface area contributed by atoms with Crippen molar-refractivity contribution in [2.45, 2.75) is 33.0 Å². The standard InChI is InChI=1S/C21H24O4/c1-13-6-16(4-5-20(13)24-11-18-9-22-18)17-7-14(2)21(15(3)8-17)25-12-19-10-23-19/h4-8,18-19H,9-12H2,1-3H3. The van der Waals surface area contributed by atoms with Crippen LogP contribution in [-0.2, 0) is 9.47 Å². The predicted octanol–water partition coefficient (Wildman–Crippen LogP) is 3.83. The normalized spacial score (nSPS) is 21.1. The third kappa shape index (κ3) is 3.97. The number of hydrogen-bond donors (Lipinski definition) is 0. The van der Waals surface area contributed by atoms with Gasteiger partial charge in [0.25, 0.3) is 0 Å². The van der Waals surface area contributed by atoms with Crippen LogP contribution in [0.25, 0.3) is 11.1 Å². The number of epoxide rings is 2.